The lowest BCUT2D eigenvalue weighted by atomic mass is 10.1. The molecule has 1 fully saturated rings. The molecule has 1 aliphatic heterocycles. The van der Waals surface area contributed by atoms with Crippen molar-refractivity contribution < 1.29 is 9.59 Å². The number of carbonyl (C=O) groups excluding carboxylic acids is 2. The third-order valence-electron chi connectivity index (χ3n) is 6.51. The van der Waals surface area contributed by atoms with Crippen molar-refractivity contribution in [3.8, 4) is 5.69 Å². The number of hydrogen-bond donors (Lipinski definition) is 0. The highest BCUT2D eigenvalue weighted by Gasteiger charge is 2.30. The number of nitrogens with zero attached hydrogens (tertiary/aromatic N) is 4. The summed E-state index contributed by atoms with van der Waals surface area (Å²) in [6, 6.07) is 19.4. The zero-order valence-corrected chi connectivity index (χ0v) is 18.2. The molecule has 1 aromatic heterocycles. The lowest BCUT2D eigenvalue weighted by Gasteiger charge is -2.34. The van der Waals surface area contributed by atoms with Gasteiger partial charge >= 0.3 is 0 Å². The number of para-hydroxylation sites is 1. The third-order valence-corrected chi connectivity index (χ3v) is 6.51. The van der Waals surface area contributed by atoms with Crippen molar-refractivity contribution in [2.45, 2.75) is 32.1 Å². The van der Waals surface area contributed by atoms with Crippen LogP contribution < -0.4 is 0 Å². The SMILES string of the molecule is O=C(c1ccccc1)N1CCN(C(=O)c2nn(-c3ccccc3)c3c2CCCCC3)CC1. The molecule has 6 nitrogen and oxygen atoms in total. The average Bonchev–Trinajstić information content (AvgIpc) is 3.05. The fourth-order valence-corrected chi connectivity index (χ4v) is 4.76. The van der Waals surface area contributed by atoms with Crippen molar-refractivity contribution in [2.75, 3.05) is 26.2 Å². The predicted molar refractivity (Wildman–Crippen MR) is 123 cm³/mol. The Hall–Kier alpha value is -3.41. The van der Waals surface area contributed by atoms with Gasteiger partial charge in [-0.15, -0.1) is 0 Å². The molecule has 2 amide bonds. The summed E-state index contributed by atoms with van der Waals surface area (Å²) in [6.45, 7) is 2.15. The molecule has 2 aromatic carbocycles. The lowest BCUT2D eigenvalue weighted by Crippen LogP contribution is -2.50. The molecule has 5 rings (SSSR count). The minimum absolute atomic E-state index is 0.00959. The molecule has 3 aromatic rings. The van der Waals surface area contributed by atoms with Crippen LogP contribution in [0.25, 0.3) is 5.69 Å². The number of amides is 2. The molecular weight excluding hydrogens is 400 g/mol. The Bertz CT molecular complexity index is 1100. The van der Waals surface area contributed by atoms with Crippen molar-refractivity contribution in [3.05, 3.63) is 83.2 Å². The van der Waals surface area contributed by atoms with Gasteiger partial charge in [0, 0.05) is 43.0 Å². The standard InChI is InChI=1S/C26H28N4O2/c31-25(20-10-4-1-5-11-20)28-16-18-29(19-17-28)26(32)24-22-14-8-3-9-15-23(22)30(27-24)21-12-6-2-7-13-21/h1-2,4-7,10-13H,3,8-9,14-19H2. The molecule has 164 valence electrons. The van der Waals surface area contributed by atoms with E-state index in [4.69, 9.17) is 5.10 Å². The second kappa shape index (κ2) is 8.99. The van der Waals surface area contributed by atoms with Gasteiger partial charge in [-0.25, -0.2) is 4.68 Å². The van der Waals surface area contributed by atoms with E-state index in [0.29, 0.717) is 37.4 Å². The van der Waals surface area contributed by atoms with Crippen LogP contribution in [-0.2, 0) is 12.8 Å². The van der Waals surface area contributed by atoms with Crippen LogP contribution in [0.4, 0.5) is 0 Å². The van der Waals surface area contributed by atoms with Gasteiger partial charge in [0.05, 0.1) is 5.69 Å². The average molecular weight is 429 g/mol. The summed E-state index contributed by atoms with van der Waals surface area (Å²) in [5.41, 5.74) is 4.57. The zero-order chi connectivity index (χ0) is 21.9. The Morgan fingerprint density at radius 3 is 1.97 bits per heavy atom. The molecule has 0 unspecified atom stereocenters. The van der Waals surface area contributed by atoms with Crippen LogP contribution >= 0.6 is 0 Å². The molecule has 2 aliphatic rings. The van der Waals surface area contributed by atoms with E-state index in [9.17, 15) is 9.59 Å². The van der Waals surface area contributed by atoms with E-state index in [1.54, 1.807) is 0 Å². The first-order valence-electron chi connectivity index (χ1n) is 11.5. The summed E-state index contributed by atoms with van der Waals surface area (Å²) in [5.74, 6) is 0.0181. The van der Waals surface area contributed by atoms with Crippen LogP contribution in [0.2, 0.25) is 0 Å². The normalized spacial score (nSPS) is 16.4. The Morgan fingerprint density at radius 2 is 1.28 bits per heavy atom. The summed E-state index contributed by atoms with van der Waals surface area (Å²) in [7, 11) is 0. The fraction of sp³-hybridized carbons (Fsp3) is 0.346. The van der Waals surface area contributed by atoms with Crippen molar-refractivity contribution in [1.29, 1.82) is 0 Å². The number of benzene rings is 2. The number of piperazine rings is 1. The summed E-state index contributed by atoms with van der Waals surface area (Å²) in [4.78, 5) is 30.0. The van der Waals surface area contributed by atoms with Gasteiger partial charge in [0.15, 0.2) is 5.69 Å². The van der Waals surface area contributed by atoms with Crippen LogP contribution in [0, 0.1) is 0 Å². The highest BCUT2D eigenvalue weighted by Crippen LogP contribution is 2.27. The van der Waals surface area contributed by atoms with Gasteiger partial charge in [-0.3, -0.25) is 9.59 Å². The van der Waals surface area contributed by atoms with Crippen LogP contribution in [0.15, 0.2) is 60.7 Å². The number of hydrogen-bond acceptors (Lipinski definition) is 3. The molecule has 0 spiro atoms. The number of aromatic nitrogens is 2. The van der Waals surface area contributed by atoms with E-state index in [1.807, 2.05) is 75.1 Å². The van der Waals surface area contributed by atoms with E-state index in [-0.39, 0.29) is 11.8 Å². The molecule has 32 heavy (non-hydrogen) atoms. The second-order valence-electron chi connectivity index (χ2n) is 8.53. The van der Waals surface area contributed by atoms with Crippen molar-refractivity contribution in [3.63, 3.8) is 0 Å². The quantitative estimate of drug-likeness (QED) is 0.597. The van der Waals surface area contributed by atoms with Gasteiger partial charge in [0.25, 0.3) is 11.8 Å². The predicted octanol–water partition coefficient (Wildman–Crippen LogP) is 3.74. The van der Waals surface area contributed by atoms with E-state index < -0.39 is 0 Å². The van der Waals surface area contributed by atoms with E-state index in [0.717, 1.165) is 36.9 Å². The summed E-state index contributed by atoms with van der Waals surface area (Å²) in [5, 5.41) is 4.83. The van der Waals surface area contributed by atoms with Gasteiger partial charge < -0.3 is 9.80 Å². The maximum Gasteiger partial charge on any atom is 0.274 e. The highest BCUT2D eigenvalue weighted by molar-refractivity contribution is 5.96. The van der Waals surface area contributed by atoms with E-state index >= 15 is 0 Å². The summed E-state index contributed by atoms with van der Waals surface area (Å²) >= 11 is 0. The first-order valence-corrected chi connectivity index (χ1v) is 11.5. The zero-order valence-electron chi connectivity index (χ0n) is 18.2. The van der Waals surface area contributed by atoms with E-state index in [2.05, 4.69) is 0 Å². The lowest BCUT2D eigenvalue weighted by molar-refractivity contribution is 0.0531. The Balaban J connectivity index is 1.36. The number of rotatable bonds is 3. The van der Waals surface area contributed by atoms with Crippen molar-refractivity contribution >= 4 is 11.8 Å². The molecule has 6 heteroatoms. The van der Waals surface area contributed by atoms with Crippen molar-refractivity contribution in [2.24, 2.45) is 0 Å². The molecule has 0 atom stereocenters. The van der Waals surface area contributed by atoms with Gasteiger partial charge in [-0.1, -0.05) is 42.8 Å². The molecule has 1 saturated heterocycles. The molecule has 0 radical (unpaired) electrons. The molecule has 1 aliphatic carbocycles. The Labute approximate surface area is 188 Å². The van der Waals surface area contributed by atoms with Gasteiger partial charge in [-0.05, 0) is 49.9 Å². The smallest absolute Gasteiger partial charge is 0.274 e. The topological polar surface area (TPSA) is 58.4 Å². The Kier molecular flexibility index (Phi) is 5.75. The monoisotopic (exact) mass is 428 g/mol. The van der Waals surface area contributed by atoms with Gasteiger partial charge in [0.1, 0.15) is 0 Å². The maximum atomic E-state index is 13.5. The molecule has 2 heterocycles. The second-order valence-corrected chi connectivity index (χ2v) is 8.53. The molecule has 0 saturated carbocycles. The van der Waals surface area contributed by atoms with Crippen LogP contribution in [0.5, 0.6) is 0 Å². The highest BCUT2D eigenvalue weighted by atomic mass is 16.2. The fourth-order valence-electron chi connectivity index (χ4n) is 4.76. The first-order chi connectivity index (χ1) is 15.7. The van der Waals surface area contributed by atoms with Gasteiger partial charge in [0.2, 0.25) is 0 Å². The Morgan fingerprint density at radius 1 is 0.688 bits per heavy atom. The molecule has 0 N–H and O–H groups in total. The van der Waals surface area contributed by atoms with Crippen molar-refractivity contribution in [1.82, 2.24) is 19.6 Å². The number of carbonyl (C=O) groups is 2. The largest absolute Gasteiger partial charge is 0.335 e. The third kappa shape index (κ3) is 3.93. The van der Waals surface area contributed by atoms with Crippen LogP contribution in [-0.4, -0.2) is 57.6 Å². The summed E-state index contributed by atoms with van der Waals surface area (Å²) in [6.07, 6.45) is 5.24. The summed E-state index contributed by atoms with van der Waals surface area (Å²) < 4.78 is 1.98. The molecular formula is C26H28N4O2. The van der Waals surface area contributed by atoms with Crippen LogP contribution in [0.1, 0.15) is 51.4 Å². The maximum absolute atomic E-state index is 13.5. The molecule has 0 bridgehead atoms. The number of fused-ring (bicyclic) bond motifs is 1. The first kappa shape index (κ1) is 20.5. The van der Waals surface area contributed by atoms with E-state index in [1.165, 1.54) is 12.1 Å². The minimum Gasteiger partial charge on any atom is -0.335 e. The minimum atomic E-state index is -0.00959. The van der Waals surface area contributed by atoms with Gasteiger partial charge in [-0.2, -0.15) is 5.10 Å². The van der Waals surface area contributed by atoms with Crippen LogP contribution in [0.3, 0.4) is 0 Å².